The molecule has 0 radical (unpaired) electrons. The molecule has 0 unspecified atom stereocenters. The number of hydrogen-bond acceptors (Lipinski definition) is 4. The van der Waals surface area contributed by atoms with Crippen molar-refractivity contribution in [3.05, 3.63) is 88.2 Å². The molecule has 5 heteroatoms. The predicted molar refractivity (Wildman–Crippen MR) is 102 cm³/mol. The summed E-state index contributed by atoms with van der Waals surface area (Å²) in [4.78, 5) is 4.37. The number of aromatic nitrogens is 3. The lowest BCUT2D eigenvalue weighted by Gasteiger charge is -2.00. The summed E-state index contributed by atoms with van der Waals surface area (Å²) in [5, 5.41) is 9.31. The van der Waals surface area contributed by atoms with Crippen molar-refractivity contribution in [3.63, 3.8) is 0 Å². The van der Waals surface area contributed by atoms with Gasteiger partial charge in [-0.15, -0.1) is 10.2 Å². The molecule has 2 aromatic heterocycles. The van der Waals surface area contributed by atoms with E-state index < -0.39 is 0 Å². The molecule has 2 heterocycles. The monoisotopic (exact) mass is 391 g/mol. The normalized spacial score (nSPS) is 11.4. The highest BCUT2D eigenvalue weighted by atomic mass is 79.9. The van der Waals surface area contributed by atoms with Crippen molar-refractivity contribution < 1.29 is 4.42 Å². The van der Waals surface area contributed by atoms with Crippen LogP contribution in [0.1, 0.15) is 22.9 Å². The fraction of sp³-hybridized carbons (Fsp3) is 0.0500. The summed E-state index contributed by atoms with van der Waals surface area (Å²) in [5.41, 5.74) is 3.15. The molecular weight excluding hydrogens is 378 g/mol. The van der Waals surface area contributed by atoms with Gasteiger partial charge in [0.2, 0.25) is 11.8 Å². The van der Waals surface area contributed by atoms with E-state index in [4.69, 9.17) is 4.42 Å². The van der Waals surface area contributed by atoms with Crippen molar-refractivity contribution in [2.24, 2.45) is 0 Å². The zero-order valence-corrected chi connectivity index (χ0v) is 14.8. The van der Waals surface area contributed by atoms with Gasteiger partial charge in [0.05, 0.1) is 11.9 Å². The van der Waals surface area contributed by atoms with Gasteiger partial charge in [-0.05, 0) is 41.5 Å². The highest BCUT2D eigenvalue weighted by Gasteiger charge is 2.06. The Bertz CT molecular complexity index is 1050. The fourth-order valence-electron chi connectivity index (χ4n) is 2.66. The van der Waals surface area contributed by atoms with Crippen LogP contribution in [0.4, 0.5) is 0 Å². The number of fused-ring (bicyclic) bond motifs is 1. The summed E-state index contributed by atoms with van der Waals surface area (Å²) >= 11 is 3.47. The quantitative estimate of drug-likeness (QED) is 0.483. The lowest BCUT2D eigenvalue weighted by Crippen LogP contribution is -1.87. The molecule has 0 fully saturated rings. The van der Waals surface area contributed by atoms with E-state index in [0.29, 0.717) is 18.2 Å². The van der Waals surface area contributed by atoms with Crippen LogP contribution in [0.2, 0.25) is 0 Å². The lowest BCUT2D eigenvalue weighted by atomic mass is 10.1. The van der Waals surface area contributed by atoms with Crippen molar-refractivity contribution in [2.75, 3.05) is 0 Å². The van der Waals surface area contributed by atoms with Crippen LogP contribution in [0.15, 0.2) is 69.7 Å². The van der Waals surface area contributed by atoms with E-state index in [1.807, 2.05) is 60.7 Å². The molecule has 0 N–H and O–H groups in total. The number of rotatable bonds is 4. The Labute approximate surface area is 153 Å². The highest BCUT2D eigenvalue weighted by molar-refractivity contribution is 9.10. The summed E-state index contributed by atoms with van der Waals surface area (Å²) < 4.78 is 6.76. The van der Waals surface area contributed by atoms with Gasteiger partial charge in [0, 0.05) is 22.1 Å². The van der Waals surface area contributed by atoms with Gasteiger partial charge in [-0.2, -0.15) is 0 Å². The lowest BCUT2D eigenvalue weighted by molar-refractivity contribution is 0.496. The Morgan fingerprint density at radius 2 is 1.88 bits per heavy atom. The molecule has 0 atom stereocenters. The average Bonchev–Trinajstić information content (AvgIpc) is 3.07. The first-order chi connectivity index (χ1) is 12.3. The van der Waals surface area contributed by atoms with Gasteiger partial charge in [-0.3, -0.25) is 4.98 Å². The number of hydrogen-bond donors (Lipinski definition) is 0. The number of pyridine rings is 1. The minimum Gasteiger partial charge on any atom is -0.421 e. The first-order valence-electron chi connectivity index (χ1n) is 7.86. The molecule has 0 amide bonds. The smallest absolute Gasteiger partial charge is 0.240 e. The van der Waals surface area contributed by atoms with Gasteiger partial charge < -0.3 is 4.42 Å². The van der Waals surface area contributed by atoms with E-state index in [-0.39, 0.29) is 0 Å². The summed E-state index contributed by atoms with van der Waals surface area (Å²) in [6.07, 6.45) is 6.21. The summed E-state index contributed by atoms with van der Waals surface area (Å²) in [6, 6.07) is 18.1. The van der Waals surface area contributed by atoms with Crippen LogP contribution in [0.25, 0.3) is 23.1 Å². The molecule has 0 saturated heterocycles. The summed E-state index contributed by atoms with van der Waals surface area (Å²) in [7, 11) is 0. The molecule has 4 nitrogen and oxygen atoms in total. The van der Waals surface area contributed by atoms with E-state index in [1.165, 1.54) is 0 Å². The van der Waals surface area contributed by atoms with Crippen molar-refractivity contribution in [3.8, 4) is 0 Å². The number of halogens is 1. The van der Waals surface area contributed by atoms with Crippen molar-refractivity contribution in [1.29, 1.82) is 0 Å². The van der Waals surface area contributed by atoms with Crippen LogP contribution in [0.3, 0.4) is 0 Å². The van der Waals surface area contributed by atoms with Crippen LogP contribution < -0.4 is 0 Å². The van der Waals surface area contributed by atoms with Gasteiger partial charge >= 0.3 is 0 Å². The Morgan fingerprint density at radius 1 is 0.960 bits per heavy atom. The Hall–Kier alpha value is -2.79. The molecule has 25 heavy (non-hydrogen) atoms. The van der Waals surface area contributed by atoms with Crippen LogP contribution in [0, 0.1) is 0 Å². The zero-order chi connectivity index (χ0) is 17.1. The van der Waals surface area contributed by atoms with Gasteiger partial charge in [-0.25, -0.2) is 0 Å². The van der Waals surface area contributed by atoms with E-state index in [0.717, 1.165) is 26.5 Å². The topological polar surface area (TPSA) is 51.8 Å². The zero-order valence-electron chi connectivity index (χ0n) is 13.3. The molecular formula is C20H14BrN3O. The third-order valence-electron chi connectivity index (χ3n) is 3.81. The Kier molecular flexibility index (Phi) is 4.39. The van der Waals surface area contributed by atoms with E-state index >= 15 is 0 Å². The summed E-state index contributed by atoms with van der Waals surface area (Å²) in [5.74, 6) is 1.09. The van der Waals surface area contributed by atoms with Crippen LogP contribution >= 0.6 is 15.9 Å². The van der Waals surface area contributed by atoms with Crippen LogP contribution in [0.5, 0.6) is 0 Å². The van der Waals surface area contributed by atoms with Crippen molar-refractivity contribution in [1.82, 2.24) is 15.2 Å². The first kappa shape index (κ1) is 15.7. The highest BCUT2D eigenvalue weighted by Crippen LogP contribution is 2.19. The molecule has 4 rings (SSSR count). The Balaban J connectivity index is 1.55. The molecule has 0 aliphatic carbocycles. The maximum atomic E-state index is 5.72. The molecule has 0 aliphatic heterocycles. The molecule has 0 bridgehead atoms. The third kappa shape index (κ3) is 3.67. The van der Waals surface area contributed by atoms with Gasteiger partial charge in [0.25, 0.3) is 0 Å². The maximum absolute atomic E-state index is 5.72. The van der Waals surface area contributed by atoms with E-state index in [1.54, 1.807) is 6.20 Å². The van der Waals surface area contributed by atoms with Gasteiger partial charge in [0.1, 0.15) is 0 Å². The van der Waals surface area contributed by atoms with E-state index in [2.05, 4.69) is 37.2 Å². The molecule has 4 aromatic rings. The van der Waals surface area contributed by atoms with Crippen molar-refractivity contribution in [2.45, 2.75) is 6.42 Å². The maximum Gasteiger partial charge on any atom is 0.240 e. The molecule has 0 spiro atoms. The second-order valence-electron chi connectivity index (χ2n) is 5.59. The largest absolute Gasteiger partial charge is 0.421 e. The molecule has 2 aromatic carbocycles. The van der Waals surface area contributed by atoms with Crippen molar-refractivity contribution >= 4 is 39.0 Å². The number of nitrogens with zero attached hydrogens (tertiary/aromatic N) is 3. The molecule has 122 valence electrons. The second-order valence-corrected chi connectivity index (χ2v) is 6.51. The molecule has 0 aliphatic rings. The average molecular weight is 392 g/mol. The first-order valence-corrected chi connectivity index (χ1v) is 8.66. The van der Waals surface area contributed by atoms with Crippen LogP contribution in [-0.2, 0) is 6.42 Å². The minimum absolute atomic E-state index is 0.492. The summed E-state index contributed by atoms with van der Waals surface area (Å²) in [6.45, 7) is 0. The number of benzene rings is 2. The van der Waals surface area contributed by atoms with Gasteiger partial charge in [0.15, 0.2) is 0 Å². The second kappa shape index (κ2) is 6.99. The van der Waals surface area contributed by atoms with E-state index in [9.17, 15) is 0 Å². The SMILES string of the molecule is Brc1cccc(Cc2nnc(/C=C/c3cccc4ncccc34)o2)c1. The fourth-order valence-corrected chi connectivity index (χ4v) is 3.11. The minimum atomic E-state index is 0.492. The Morgan fingerprint density at radius 3 is 2.80 bits per heavy atom. The van der Waals surface area contributed by atoms with Gasteiger partial charge in [-0.1, -0.05) is 46.3 Å². The predicted octanol–water partition coefficient (Wildman–Crippen LogP) is 5.14. The third-order valence-corrected chi connectivity index (χ3v) is 4.30. The van der Waals surface area contributed by atoms with Crippen LogP contribution in [-0.4, -0.2) is 15.2 Å². The standard InChI is InChI=1S/C20H14BrN3O/c21-16-6-1-4-14(12-16)13-20-24-23-19(25-20)10-9-15-5-2-8-18-17(15)7-3-11-22-18/h1-12H,13H2/b10-9+. The molecule has 0 saturated carbocycles.